The SMILES string of the molecule is CCNC(=NCc1ncnn1C)NCCc1nc(C(F)(F)F)cs1. The van der Waals surface area contributed by atoms with Gasteiger partial charge in [0.2, 0.25) is 0 Å². The Bertz CT molecular complexity index is 677. The van der Waals surface area contributed by atoms with Gasteiger partial charge in [0, 0.05) is 31.9 Å². The third kappa shape index (κ3) is 5.18. The third-order valence-electron chi connectivity index (χ3n) is 3.00. The molecule has 0 spiro atoms. The molecule has 11 heteroatoms. The van der Waals surface area contributed by atoms with Crippen LogP contribution >= 0.6 is 11.3 Å². The minimum Gasteiger partial charge on any atom is -0.357 e. The zero-order valence-electron chi connectivity index (χ0n) is 13.3. The molecule has 0 aromatic carbocycles. The molecule has 0 amide bonds. The molecule has 2 aromatic heterocycles. The van der Waals surface area contributed by atoms with Crippen molar-refractivity contribution in [1.82, 2.24) is 30.4 Å². The van der Waals surface area contributed by atoms with Gasteiger partial charge in [-0.25, -0.2) is 15.0 Å². The van der Waals surface area contributed by atoms with Gasteiger partial charge >= 0.3 is 6.18 Å². The summed E-state index contributed by atoms with van der Waals surface area (Å²) in [5.41, 5.74) is -0.842. The van der Waals surface area contributed by atoms with Crippen LogP contribution in [0.2, 0.25) is 0 Å². The normalized spacial score (nSPS) is 12.5. The summed E-state index contributed by atoms with van der Waals surface area (Å²) in [5.74, 6) is 1.27. The van der Waals surface area contributed by atoms with Gasteiger partial charge in [0.25, 0.3) is 0 Å². The monoisotopic (exact) mass is 361 g/mol. The van der Waals surface area contributed by atoms with Gasteiger partial charge in [0.15, 0.2) is 11.7 Å². The van der Waals surface area contributed by atoms with Crippen LogP contribution < -0.4 is 10.6 Å². The second-order valence-electron chi connectivity index (χ2n) is 4.80. The van der Waals surface area contributed by atoms with Crippen molar-refractivity contribution in [3.05, 3.63) is 28.2 Å². The number of nitrogens with one attached hydrogen (secondary N) is 2. The molecule has 0 aliphatic carbocycles. The average Bonchev–Trinajstić information content (AvgIpc) is 3.13. The van der Waals surface area contributed by atoms with Gasteiger partial charge in [-0.3, -0.25) is 4.68 Å². The number of guanidine groups is 1. The fraction of sp³-hybridized carbons (Fsp3) is 0.538. The van der Waals surface area contributed by atoms with Crippen molar-refractivity contribution in [2.75, 3.05) is 13.1 Å². The van der Waals surface area contributed by atoms with E-state index in [-0.39, 0.29) is 0 Å². The molecule has 2 heterocycles. The molecule has 2 N–H and O–H groups in total. The number of nitrogens with zero attached hydrogens (tertiary/aromatic N) is 5. The maximum absolute atomic E-state index is 12.5. The second-order valence-corrected chi connectivity index (χ2v) is 5.74. The van der Waals surface area contributed by atoms with Crippen molar-refractivity contribution in [3.63, 3.8) is 0 Å². The van der Waals surface area contributed by atoms with E-state index in [1.165, 1.54) is 6.33 Å². The predicted octanol–water partition coefficient (Wildman–Crippen LogP) is 1.59. The fourth-order valence-electron chi connectivity index (χ4n) is 1.80. The Hall–Kier alpha value is -2.17. The molecule has 132 valence electrons. The lowest BCUT2D eigenvalue weighted by Gasteiger charge is -2.10. The lowest BCUT2D eigenvalue weighted by Crippen LogP contribution is -2.38. The van der Waals surface area contributed by atoms with Crippen LogP contribution in [0.3, 0.4) is 0 Å². The van der Waals surface area contributed by atoms with Crippen molar-refractivity contribution < 1.29 is 13.2 Å². The predicted molar refractivity (Wildman–Crippen MR) is 84.6 cm³/mol. The van der Waals surface area contributed by atoms with Crippen LogP contribution in [-0.4, -0.2) is 38.8 Å². The van der Waals surface area contributed by atoms with E-state index in [2.05, 4.69) is 30.7 Å². The molecule has 2 aromatic rings. The summed E-state index contributed by atoms with van der Waals surface area (Å²) in [6.45, 7) is 3.37. The molecule has 24 heavy (non-hydrogen) atoms. The molecule has 0 saturated carbocycles. The van der Waals surface area contributed by atoms with Gasteiger partial charge < -0.3 is 10.6 Å². The summed E-state index contributed by atoms with van der Waals surface area (Å²) in [5, 5.41) is 11.6. The summed E-state index contributed by atoms with van der Waals surface area (Å²) >= 11 is 1.00. The maximum atomic E-state index is 12.5. The number of thiazole rings is 1. The number of hydrogen-bond donors (Lipinski definition) is 2. The minimum absolute atomic E-state index is 0.349. The van der Waals surface area contributed by atoms with E-state index in [1.54, 1.807) is 11.7 Å². The number of aryl methyl sites for hydroxylation is 1. The molecular formula is C13H18F3N7S. The molecule has 0 fully saturated rings. The minimum atomic E-state index is -4.39. The summed E-state index contributed by atoms with van der Waals surface area (Å²) in [6, 6.07) is 0. The first-order valence-electron chi connectivity index (χ1n) is 7.26. The Kier molecular flexibility index (Phi) is 6.12. The molecule has 0 aliphatic rings. The molecule has 0 atom stereocenters. The number of alkyl halides is 3. The van der Waals surface area contributed by atoms with E-state index in [1.807, 2.05) is 6.92 Å². The number of rotatable bonds is 6. The van der Waals surface area contributed by atoms with Gasteiger partial charge in [-0.2, -0.15) is 18.3 Å². The zero-order valence-corrected chi connectivity index (χ0v) is 14.1. The maximum Gasteiger partial charge on any atom is 0.434 e. The topological polar surface area (TPSA) is 80.0 Å². The van der Waals surface area contributed by atoms with E-state index in [0.717, 1.165) is 16.7 Å². The second kappa shape index (κ2) is 8.08. The number of aliphatic imine (C=N–C) groups is 1. The average molecular weight is 361 g/mol. The molecule has 7 nitrogen and oxygen atoms in total. The zero-order chi connectivity index (χ0) is 17.6. The molecule has 0 unspecified atom stereocenters. The van der Waals surface area contributed by atoms with Crippen LogP contribution in [0.5, 0.6) is 0 Å². The molecular weight excluding hydrogens is 343 g/mol. The number of aromatic nitrogens is 4. The van der Waals surface area contributed by atoms with Crippen LogP contribution in [0.25, 0.3) is 0 Å². The highest BCUT2D eigenvalue weighted by atomic mass is 32.1. The molecule has 0 radical (unpaired) electrons. The van der Waals surface area contributed by atoms with Gasteiger partial charge in [-0.15, -0.1) is 11.3 Å². The Morgan fingerprint density at radius 1 is 1.38 bits per heavy atom. The molecule has 2 rings (SSSR count). The first-order valence-corrected chi connectivity index (χ1v) is 8.14. The largest absolute Gasteiger partial charge is 0.434 e. The lowest BCUT2D eigenvalue weighted by molar-refractivity contribution is -0.140. The Balaban J connectivity index is 1.87. The van der Waals surface area contributed by atoms with E-state index in [9.17, 15) is 13.2 Å². The highest BCUT2D eigenvalue weighted by molar-refractivity contribution is 7.09. The van der Waals surface area contributed by atoms with Crippen LogP contribution in [0.4, 0.5) is 13.2 Å². The quantitative estimate of drug-likeness (QED) is 0.603. The van der Waals surface area contributed by atoms with E-state index in [0.29, 0.717) is 42.8 Å². The van der Waals surface area contributed by atoms with Crippen molar-refractivity contribution >= 4 is 17.3 Å². The number of hydrogen-bond acceptors (Lipinski definition) is 5. The van der Waals surface area contributed by atoms with Gasteiger partial charge in [-0.1, -0.05) is 0 Å². The molecule has 0 saturated heterocycles. The van der Waals surface area contributed by atoms with Gasteiger partial charge in [-0.05, 0) is 6.92 Å². The third-order valence-corrected chi connectivity index (χ3v) is 3.91. The van der Waals surface area contributed by atoms with Crippen LogP contribution in [0.15, 0.2) is 16.7 Å². The Labute approximate surface area is 141 Å². The summed E-state index contributed by atoms with van der Waals surface area (Å²) in [7, 11) is 1.78. The Morgan fingerprint density at radius 2 is 2.17 bits per heavy atom. The first-order chi connectivity index (χ1) is 11.4. The highest BCUT2D eigenvalue weighted by Crippen LogP contribution is 2.29. The van der Waals surface area contributed by atoms with Crippen molar-refractivity contribution in [1.29, 1.82) is 0 Å². The van der Waals surface area contributed by atoms with Gasteiger partial charge in [0.05, 0.1) is 5.01 Å². The molecule has 0 bridgehead atoms. The smallest absolute Gasteiger partial charge is 0.357 e. The first kappa shape index (κ1) is 18.2. The molecule has 0 aliphatic heterocycles. The van der Waals surface area contributed by atoms with Crippen molar-refractivity contribution in [2.45, 2.75) is 26.1 Å². The van der Waals surface area contributed by atoms with E-state index >= 15 is 0 Å². The van der Waals surface area contributed by atoms with Crippen LogP contribution in [-0.2, 0) is 26.2 Å². The lowest BCUT2D eigenvalue weighted by atomic mass is 10.4. The standard InChI is InChI=1S/C13H18F3N7S/c1-3-17-12(19-6-10-20-8-21-23(10)2)18-5-4-11-22-9(7-24-11)13(14,15)16/h7-8H,3-6H2,1-2H3,(H2,17,18,19). The van der Waals surface area contributed by atoms with Crippen LogP contribution in [0.1, 0.15) is 23.4 Å². The van der Waals surface area contributed by atoms with E-state index in [4.69, 9.17) is 0 Å². The van der Waals surface area contributed by atoms with Crippen molar-refractivity contribution in [3.8, 4) is 0 Å². The fourth-order valence-corrected chi connectivity index (χ4v) is 2.60. The van der Waals surface area contributed by atoms with Crippen molar-refractivity contribution in [2.24, 2.45) is 12.0 Å². The van der Waals surface area contributed by atoms with Gasteiger partial charge in [0.1, 0.15) is 18.7 Å². The summed E-state index contributed by atoms with van der Waals surface area (Å²) in [6.07, 6.45) is -2.56. The van der Waals surface area contributed by atoms with Crippen LogP contribution in [0, 0.1) is 0 Å². The highest BCUT2D eigenvalue weighted by Gasteiger charge is 2.33. The summed E-state index contributed by atoms with van der Waals surface area (Å²) in [4.78, 5) is 12.0. The van der Waals surface area contributed by atoms with E-state index < -0.39 is 11.9 Å². The Morgan fingerprint density at radius 3 is 2.75 bits per heavy atom. The summed E-state index contributed by atoms with van der Waals surface area (Å²) < 4.78 is 39.1. The number of halogens is 3.